The number of benzene rings is 1. The van der Waals surface area contributed by atoms with E-state index < -0.39 is 11.7 Å². The summed E-state index contributed by atoms with van der Waals surface area (Å²) in [5, 5.41) is 8.59. The molecule has 0 atom stereocenters. The maximum absolute atomic E-state index is 13.0. The van der Waals surface area contributed by atoms with E-state index in [2.05, 4.69) is 15.2 Å². The maximum atomic E-state index is 13.0. The second kappa shape index (κ2) is 7.28. The zero-order valence-corrected chi connectivity index (χ0v) is 14.4. The van der Waals surface area contributed by atoms with Crippen LogP contribution in [0.5, 0.6) is 0 Å². The van der Waals surface area contributed by atoms with E-state index in [9.17, 15) is 13.2 Å². The van der Waals surface area contributed by atoms with Gasteiger partial charge < -0.3 is 4.74 Å². The largest absolute Gasteiger partial charge is 0.416 e. The van der Waals surface area contributed by atoms with Gasteiger partial charge in [-0.3, -0.25) is 4.68 Å². The van der Waals surface area contributed by atoms with Gasteiger partial charge in [0.15, 0.2) is 5.82 Å². The van der Waals surface area contributed by atoms with Gasteiger partial charge in [0.25, 0.3) is 0 Å². The number of alkyl halides is 3. The maximum Gasteiger partial charge on any atom is 0.416 e. The van der Waals surface area contributed by atoms with Crippen LogP contribution in [0.4, 0.5) is 13.2 Å². The fourth-order valence-corrected chi connectivity index (χ4v) is 2.41. The van der Waals surface area contributed by atoms with E-state index in [1.54, 1.807) is 30.1 Å². The van der Waals surface area contributed by atoms with Gasteiger partial charge in [-0.05, 0) is 30.7 Å². The van der Waals surface area contributed by atoms with Crippen molar-refractivity contribution in [2.75, 3.05) is 6.61 Å². The van der Waals surface area contributed by atoms with Crippen LogP contribution in [0.2, 0.25) is 0 Å². The third kappa shape index (κ3) is 3.93. The average molecular weight is 365 g/mol. The Kier molecular flexibility index (Phi) is 5.08. The molecular weight excluding hydrogens is 347 g/mol. The Morgan fingerprint density at radius 2 is 1.96 bits per heavy atom. The number of nitrogens with zero attached hydrogens (tertiary/aromatic N) is 5. The molecule has 0 bridgehead atoms. The molecule has 0 unspecified atom stereocenters. The van der Waals surface area contributed by atoms with E-state index in [1.165, 1.54) is 10.7 Å². The lowest BCUT2D eigenvalue weighted by Crippen LogP contribution is -2.09. The first-order chi connectivity index (χ1) is 12.4. The van der Waals surface area contributed by atoms with E-state index in [0.29, 0.717) is 23.9 Å². The van der Waals surface area contributed by atoms with Gasteiger partial charge in [0.2, 0.25) is 5.82 Å². The van der Waals surface area contributed by atoms with Crippen molar-refractivity contribution in [3.63, 3.8) is 0 Å². The van der Waals surface area contributed by atoms with Crippen molar-refractivity contribution in [1.82, 2.24) is 24.5 Å². The molecule has 0 saturated heterocycles. The van der Waals surface area contributed by atoms with Gasteiger partial charge in [-0.25, -0.2) is 9.67 Å². The molecular formula is C17H18F3N5O. The molecule has 6 nitrogen and oxygen atoms in total. The molecule has 0 saturated carbocycles. The van der Waals surface area contributed by atoms with Gasteiger partial charge >= 0.3 is 6.18 Å². The number of ether oxygens (including phenoxy) is 1. The molecule has 0 amide bonds. The Hall–Kier alpha value is -2.68. The smallest absolute Gasteiger partial charge is 0.373 e. The lowest BCUT2D eigenvalue weighted by atomic mass is 10.2. The SMILES string of the molecule is CCCOCc1nc(-c2ccn(C)n2)nn1-c1cccc(C(F)(F)F)c1. The summed E-state index contributed by atoms with van der Waals surface area (Å²) in [6.45, 7) is 2.63. The first kappa shape index (κ1) is 18.1. The zero-order valence-electron chi connectivity index (χ0n) is 14.4. The van der Waals surface area contributed by atoms with Crippen LogP contribution in [-0.4, -0.2) is 31.2 Å². The number of halogens is 3. The third-order valence-electron chi connectivity index (χ3n) is 3.61. The first-order valence-corrected chi connectivity index (χ1v) is 8.10. The van der Waals surface area contributed by atoms with Crippen LogP contribution >= 0.6 is 0 Å². The molecule has 0 spiro atoms. The highest BCUT2D eigenvalue weighted by Crippen LogP contribution is 2.30. The molecule has 3 rings (SSSR count). The molecule has 0 aliphatic carbocycles. The molecule has 0 aliphatic heterocycles. The van der Waals surface area contributed by atoms with Crippen LogP contribution in [0.25, 0.3) is 17.2 Å². The van der Waals surface area contributed by atoms with Gasteiger partial charge in [-0.1, -0.05) is 13.0 Å². The molecule has 0 radical (unpaired) electrons. The van der Waals surface area contributed by atoms with E-state index >= 15 is 0 Å². The van der Waals surface area contributed by atoms with Gasteiger partial charge in [0, 0.05) is 19.9 Å². The van der Waals surface area contributed by atoms with E-state index in [0.717, 1.165) is 18.6 Å². The third-order valence-corrected chi connectivity index (χ3v) is 3.61. The Morgan fingerprint density at radius 3 is 2.62 bits per heavy atom. The minimum Gasteiger partial charge on any atom is -0.373 e. The predicted molar refractivity (Wildman–Crippen MR) is 88.5 cm³/mol. The normalized spacial score (nSPS) is 11.9. The van der Waals surface area contributed by atoms with Crippen LogP contribution in [0.3, 0.4) is 0 Å². The quantitative estimate of drug-likeness (QED) is 0.626. The van der Waals surface area contributed by atoms with E-state index in [1.807, 2.05) is 6.92 Å². The van der Waals surface area contributed by atoms with Gasteiger partial charge in [0.1, 0.15) is 12.3 Å². The van der Waals surface area contributed by atoms with Crippen molar-refractivity contribution in [2.45, 2.75) is 26.1 Å². The summed E-state index contributed by atoms with van der Waals surface area (Å²) in [6, 6.07) is 6.70. The summed E-state index contributed by atoms with van der Waals surface area (Å²) >= 11 is 0. The topological polar surface area (TPSA) is 57.8 Å². The lowest BCUT2D eigenvalue weighted by Gasteiger charge is -2.10. The molecule has 0 fully saturated rings. The highest BCUT2D eigenvalue weighted by Gasteiger charge is 2.31. The summed E-state index contributed by atoms with van der Waals surface area (Å²) in [5.41, 5.74) is 0.0601. The molecule has 9 heteroatoms. The molecule has 0 aliphatic rings. The number of rotatable bonds is 6. The molecule has 26 heavy (non-hydrogen) atoms. The fourth-order valence-electron chi connectivity index (χ4n) is 2.41. The van der Waals surface area contributed by atoms with Crippen LogP contribution < -0.4 is 0 Å². The van der Waals surface area contributed by atoms with Gasteiger partial charge in [-0.2, -0.15) is 18.3 Å². The van der Waals surface area contributed by atoms with Crippen LogP contribution in [0.15, 0.2) is 36.5 Å². The second-order valence-electron chi connectivity index (χ2n) is 5.74. The summed E-state index contributed by atoms with van der Waals surface area (Å²) in [5.74, 6) is 0.747. The number of hydrogen-bond acceptors (Lipinski definition) is 4. The first-order valence-electron chi connectivity index (χ1n) is 8.10. The minimum absolute atomic E-state index is 0.143. The summed E-state index contributed by atoms with van der Waals surface area (Å²) in [6.07, 6.45) is -1.86. The Balaban J connectivity index is 2.02. The molecule has 0 N–H and O–H groups in total. The summed E-state index contributed by atoms with van der Waals surface area (Å²) in [4.78, 5) is 4.40. The van der Waals surface area contributed by atoms with Crippen molar-refractivity contribution in [2.24, 2.45) is 7.05 Å². The van der Waals surface area contributed by atoms with Crippen molar-refractivity contribution < 1.29 is 17.9 Å². The van der Waals surface area contributed by atoms with E-state index in [4.69, 9.17) is 4.74 Å². The molecule has 138 valence electrons. The molecule has 2 heterocycles. The number of aryl methyl sites for hydroxylation is 1. The molecule has 1 aromatic carbocycles. The van der Waals surface area contributed by atoms with Crippen molar-refractivity contribution in [1.29, 1.82) is 0 Å². The van der Waals surface area contributed by atoms with Crippen LogP contribution in [-0.2, 0) is 24.6 Å². The Labute approximate surface area is 148 Å². The lowest BCUT2D eigenvalue weighted by molar-refractivity contribution is -0.137. The second-order valence-corrected chi connectivity index (χ2v) is 5.74. The predicted octanol–water partition coefficient (Wildman–Crippen LogP) is 3.61. The fraction of sp³-hybridized carbons (Fsp3) is 0.353. The minimum atomic E-state index is -4.43. The van der Waals surface area contributed by atoms with Gasteiger partial charge in [0.05, 0.1) is 11.3 Å². The van der Waals surface area contributed by atoms with Crippen LogP contribution in [0.1, 0.15) is 24.7 Å². The monoisotopic (exact) mass is 365 g/mol. The molecule has 3 aromatic rings. The summed E-state index contributed by atoms with van der Waals surface area (Å²) in [7, 11) is 1.76. The Bertz CT molecular complexity index is 885. The molecule has 2 aromatic heterocycles. The van der Waals surface area contributed by atoms with Crippen molar-refractivity contribution in [3.05, 3.63) is 47.9 Å². The highest BCUT2D eigenvalue weighted by molar-refractivity contribution is 5.49. The van der Waals surface area contributed by atoms with Crippen molar-refractivity contribution >= 4 is 0 Å². The Morgan fingerprint density at radius 1 is 1.15 bits per heavy atom. The van der Waals surface area contributed by atoms with Crippen LogP contribution in [0, 0.1) is 0 Å². The highest BCUT2D eigenvalue weighted by atomic mass is 19.4. The van der Waals surface area contributed by atoms with E-state index in [-0.39, 0.29) is 12.3 Å². The van der Waals surface area contributed by atoms with Gasteiger partial charge in [-0.15, -0.1) is 5.10 Å². The van der Waals surface area contributed by atoms with Crippen molar-refractivity contribution in [3.8, 4) is 17.2 Å². The average Bonchev–Trinajstić information content (AvgIpc) is 3.21. The standard InChI is InChI=1S/C17H18F3N5O/c1-3-9-26-11-15-21-16(14-7-8-24(2)22-14)23-25(15)13-6-4-5-12(10-13)17(18,19)20/h4-8,10H,3,9,11H2,1-2H3. The summed E-state index contributed by atoms with van der Waals surface area (Å²) < 4.78 is 47.6. The number of hydrogen-bond donors (Lipinski definition) is 0. The number of aromatic nitrogens is 5. The zero-order chi connectivity index (χ0) is 18.7.